The van der Waals surface area contributed by atoms with Crippen LogP contribution in [0.15, 0.2) is 0 Å². The number of carbonyl (C=O) groups excluding carboxylic acids is 2. The van der Waals surface area contributed by atoms with Crippen LogP contribution < -0.4 is 11.1 Å². The molecular formula is C15H29N3O4. The first kappa shape index (κ1) is 18.7. The fraction of sp³-hybridized carbons (Fsp3) is 0.867. The van der Waals surface area contributed by atoms with Crippen LogP contribution in [0.2, 0.25) is 0 Å². The molecule has 3 atom stereocenters. The van der Waals surface area contributed by atoms with Gasteiger partial charge in [-0.15, -0.1) is 0 Å². The lowest BCUT2D eigenvalue weighted by atomic mass is 9.91. The third kappa shape index (κ3) is 6.19. The van der Waals surface area contributed by atoms with Crippen LogP contribution in [0.5, 0.6) is 0 Å². The summed E-state index contributed by atoms with van der Waals surface area (Å²) in [7, 11) is 0. The number of amides is 2. The smallest absolute Gasteiger partial charge is 0.410 e. The van der Waals surface area contributed by atoms with Crippen molar-refractivity contribution in [3.63, 3.8) is 0 Å². The van der Waals surface area contributed by atoms with Gasteiger partial charge in [0.2, 0.25) is 5.91 Å². The number of nitrogens with two attached hydrogens (primary N) is 1. The second kappa shape index (κ2) is 7.78. The van der Waals surface area contributed by atoms with E-state index in [9.17, 15) is 14.7 Å². The minimum absolute atomic E-state index is 0.0687. The van der Waals surface area contributed by atoms with Crippen molar-refractivity contribution in [2.24, 2.45) is 11.7 Å². The number of aliphatic hydroxyl groups excluding tert-OH is 1. The monoisotopic (exact) mass is 315 g/mol. The van der Waals surface area contributed by atoms with E-state index in [1.54, 1.807) is 4.90 Å². The Bertz CT molecular complexity index is 395. The molecule has 0 radical (unpaired) electrons. The molecule has 0 aromatic carbocycles. The average molecular weight is 315 g/mol. The van der Waals surface area contributed by atoms with Gasteiger partial charge in [0.25, 0.3) is 0 Å². The van der Waals surface area contributed by atoms with Crippen molar-refractivity contribution in [1.29, 1.82) is 0 Å². The van der Waals surface area contributed by atoms with Crippen LogP contribution >= 0.6 is 0 Å². The lowest BCUT2D eigenvalue weighted by Gasteiger charge is -2.37. The maximum absolute atomic E-state index is 12.1. The number of primary amides is 1. The normalized spacial score (nSPS) is 22.0. The number of nitrogens with one attached hydrogen (secondary N) is 1. The van der Waals surface area contributed by atoms with Crippen LogP contribution in [0.25, 0.3) is 0 Å². The minimum atomic E-state index is -1.19. The van der Waals surface area contributed by atoms with E-state index in [0.29, 0.717) is 13.1 Å². The number of rotatable bonds is 5. The van der Waals surface area contributed by atoms with Crippen molar-refractivity contribution in [2.75, 3.05) is 19.6 Å². The highest BCUT2D eigenvalue weighted by atomic mass is 16.6. The number of piperidine rings is 1. The average Bonchev–Trinajstić information content (AvgIpc) is 2.42. The first-order chi connectivity index (χ1) is 10.1. The van der Waals surface area contributed by atoms with Gasteiger partial charge >= 0.3 is 6.09 Å². The van der Waals surface area contributed by atoms with Crippen LogP contribution in [-0.2, 0) is 9.53 Å². The Hall–Kier alpha value is -1.34. The predicted octanol–water partition coefficient (Wildman–Crippen LogP) is 0.458. The zero-order valence-electron chi connectivity index (χ0n) is 14.0. The Morgan fingerprint density at radius 3 is 2.64 bits per heavy atom. The third-order valence-electron chi connectivity index (χ3n) is 3.78. The van der Waals surface area contributed by atoms with Crippen LogP contribution in [0.1, 0.15) is 40.5 Å². The molecule has 7 heteroatoms. The van der Waals surface area contributed by atoms with Crippen LogP contribution in [-0.4, -0.2) is 59.4 Å². The van der Waals surface area contributed by atoms with E-state index >= 15 is 0 Å². The molecule has 7 nitrogen and oxygen atoms in total. The fourth-order valence-electron chi connectivity index (χ4n) is 2.48. The van der Waals surface area contributed by atoms with Gasteiger partial charge in [-0.05, 0) is 46.5 Å². The van der Waals surface area contributed by atoms with E-state index in [4.69, 9.17) is 10.5 Å². The summed E-state index contributed by atoms with van der Waals surface area (Å²) < 4.78 is 5.40. The zero-order chi connectivity index (χ0) is 16.9. The second-order valence-electron chi connectivity index (χ2n) is 6.94. The fourth-order valence-corrected chi connectivity index (χ4v) is 2.48. The topological polar surface area (TPSA) is 105 Å². The number of hydrogen-bond acceptors (Lipinski definition) is 5. The van der Waals surface area contributed by atoms with Crippen LogP contribution in [0, 0.1) is 5.92 Å². The van der Waals surface area contributed by atoms with E-state index in [1.807, 2.05) is 27.7 Å². The van der Waals surface area contributed by atoms with Gasteiger partial charge in [0, 0.05) is 25.7 Å². The minimum Gasteiger partial charge on any atom is -0.444 e. The van der Waals surface area contributed by atoms with Crippen molar-refractivity contribution in [3.8, 4) is 0 Å². The van der Waals surface area contributed by atoms with Crippen molar-refractivity contribution >= 4 is 12.0 Å². The molecule has 1 rings (SSSR count). The van der Waals surface area contributed by atoms with Crippen molar-refractivity contribution < 1.29 is 19.4 Å². The van der Waals surface area contributed by atoms with E-state index < -0.39 is 17.6 Å². The van der Waals surface area contributed by atoms with Gasteiger partial charge in [0.05, 0.1) is 0 Å². The molecule has 0 bridgehead atoms. The van der Waals surface area contributed by atoms with Gasteiger partial charge in [0.1, 0.15) is 11.7 Å². The molecular weight excluding hydrogens is 286 g/mol. The van der Waals surface area contributed by atoms with Crippen LogP contribution in [0.3, 0.4) is 0 Å². The quantitative estimate of drug-likeness (QED) is 0.683. The SMILES string of the molecule is CC(NCC(O)C(N)=O)C1CCCN(C(=O)OC(C)(C)C)C1. The third-order valence-corrected chi connectivity index (χ3v) is 3.78. The number of ether oxygens (including phenoxy) is 1. The molecule has 0 aromatic heterocycles. The van der Waals surface area contributed by atoms with Gasteiger partial charge < -0.3 is 25.8 Å². The predicted molar refractivity (Wildman–Crippen MR) is 83.2 cm³/mol. The molecule has 1 fully saturated rings. The summed E-state index contributed by atoms with van der Waals surface area (Å²) in [5.41, 5.74) is 4.52. The van der Waals surface area contributed by atoms with E-state index in [0.717, 1.165) is 12.8 Å². The molecule has 4 N–H and O–H groups in total. The largest absolute Gasteiger partial charge is 0.444 e. The Balaban J connectivity index is 2.48. The van der Waals surface area contributed by atoms with Gasteiger partial charge in [-0.3, -0.25) is 4.79 Å². The number of likely N-dealkylation sites (tertiary alicyclic amines) is 1. The maximum Gasteiger partial charge on any atom is 0.410 e. The lowest BCUT2D eigenvalue weighted by Crippen LogP contribution is -2.49. The van der Waals surface area contributed by atoms with E-state index in [-0.39, 0.29) is 24.6 Å². The van der Waals surface area contributed by atoms with Gasteiger partial charge in [-0.2, -0.15) is 0 Å². The highest BCUT2D eigenvalue weighted by Gasteiger charge is 2.30. The number of aliphatic hydroxyl groups is 1. The standard InChI is InChI=1S/C15H29N3O4/c1-10(17-8-12(19)13(16)20)11-6-5-7-18(9-11)14(21)22-15(2,3)4/h10-12,17,19H,5-9H2,1-4H3,(H2,16,20). The zero-order valence-corrected chi connectivity index (χ0v) is 14.0. The molecule has 1 heterocycles. The Morgan fingerprint density at radius 1 is 1.45 bits per heavy atom. The van der Waals surface area contributed by atoms with Crippen LogP contribution in [0.4, 0.5) is 4.79 Å². The summed E-state index contributed by atoms with van der Waals surface area (Å²) in [6.45, 7) is 8.96. The first-order valence-electron chi connectivity index (χ1n) is 7.79. The first-order valence-corrected chi connectivity index (χ1v) is 7.79. The van der Waals surface area contributed by atoms with Crippen molar-refractivity contribution in [2.45, 2.75) is 58.3 Å². The van der Waals surface area contributed by atoms with Crippen molar-refractivity contribution in [3.05, 3.63) is 0 Å². The summed E-state index contributed by atoms with van der Waals surface area (Å²) in [5, 5.41) is 12.5. The summed E-state index contributed by atoms with van der Waals surface area (Å²) in [4.78, 5) is 24.7. The van der Waals surface area contributed by atoms with Gasteiger partial charge in [0.15, 0.2) is 0 Å². The molecule has 0 saturated carbocycles. The second-order valence-corrected chi connectivity index (χ2v) is 6.94. The Morgan fingerprint density at radius 2 is 2.09 bits per heavy atom. The summed E-state index contributed by atoms with van der Waals surface area (Å²) in [5.74, 6) is -0.486. The number of nitrogens with zero attached hydrogens (tertiary/aromatic N) is 1. The molecule has 22 heavy (non-hydrogen) atoms. The molecule has 3 unspecified atom stereocenters. The van der Waals surface area contributed by atoms with Gasteiger partial charge in [-0.25, -0.2) is 4.79 Å². The summed E-state index contributed by atoms with van der Waals surface area (Å²) in [6.07, 6.45) is 0.420. The molecule has 1 aliphatic rings. The highest BCUT2D eigenvalue weighted by molar-refractivity contribution is 5.78. The molecule has 1 aliphatic heterocycles. The lowest BCUT2D eigenvalue weighted by molar-refractivity contribution is -0.125. The molecule has 0 aromatic rings. The number of carbonyl (C=O) groups is 2. The van der Waals surface area contributed by atoms with Crippen molar-refractivity contribution in [1.82, 2.24) is 10.2 Å². The summed E-state index contributed by atoms with van der Waals surface area (Å²) in [6, 6.07) is 0.0687. The molecule has 2 amide bonds. The number of hydrogen-bond donors (Lipinski definition) is 3. The Kier molecular flexibility index (Phi) is 6.62. The van der Waals surface area contributed by atoms with E-state index in [1.165, 1.54) is 0 Å². The van der Waals surface area contributed by atoms with Gasteiger partial charge in [-0.1, -0.05) is 0 Å². The molecule has 0 spiro atoms. The Labute approximate surface area is 132 Å². The summed E-state index contributed by atoms with van der Waals surface area (Å²) >= 11 is 0. The highest BCUT2D eigenvalue weighted by Crippen LogP contribution is 2.21. The van der Waals surface area contributed by atoms with E-state index in [2.05, 4.69) is 5.32 Å². The molecule has 128 valence electrons. The molecule has 1 saturated heterocycles. The maximum atomic E-state index is 12.1. The molecule has 0 aliphatic carbocycles.